The summed E-state index contributed by atoms with van der Waals surface area (Å²) in [5, 5.41) is 5.02. The van der Waals surface area contributed by atoms with Crippen molar-refractivity contribution < 1.29 is 9.15 Å². The maximum atomic E-state index is 6.20. The fourth-order valence-corrected chi connectivity index (χ4v) is 3.08. The standard InChI is InChI=1S/C16H13ClINO2/c1-20-15-4-2-3-10-7-12(21-16(10)15)9-19-14-6-5-11(18)8-13(14)17/h2-8,19H,9H2,1H3. The number of furan rings is 1. The van der Waals surface area contributed by atoms with E-state index in [4.69, 9.17) is 20.8 Å². The summed E-state index contributed by atoms with van der Waals surface area (Å²) in [5.41, 5.74) is 1.66. The third-order valence-electron chi connectivity index (χ3n) is 3.16. The molecular weight excluding hydrogens is 401 g/mol. The van der Waals surface area contributed by atoms with Gasteiger partial charge < -0.3 is 14.5 Å². The second kappa shape index (κ2) is 6.15. The maximum absolute atomic E-state index is 6.20. The van der Waals surface area contributed by atoms with Crippen LogP contribution in [0.5, 0.6) is 5.75 Å². The molecule has 0 saturated heterocycles. The highest BCUT2D eigenvalue weighted by Gasteiger charge is 2.09. The summed E-state index contributed by atoms with van der Waals surface area (Å²) in [4.78, 5) is 0. The Labute approximate surface area is 141 Å². The van der Waals surface area contributed by atoms with Gasteiger partial charge in [-0.3, -0.25) is 0 Å². The second-order valence-electron chi connectivity index (χ2n) is 4.57. The van der Waals surface area contributed by atoms with Crippen molar-refractivity contribution in [1.29, 1.82) is 0 Å². The molecule has 21 heavy (non-hydrogen) atoms. The molecule has 0 atom stereocenters. The highest BCUT2D eigenvalue weighted by atomic mass is 127. The van der Waals surface area contributed by atoms with Gasteiger partial charge in [0, 0.05) is 8.96 Å². The lowest BCUT2D eigenvalue weighted by Gasteiger charge is -2.06. The van der Waals surface area contributed by atoms with Crippen LogP contribution < -0.4 is 10.1 Å². The number of nitrogens with one attached hydrogen (secondary N) is 1. The summed E-state index contributed by atoms with van der Waals surface area (Å²) in [7, 11) is 1.64. The van der Waals surface area contributed by atoms with Gasteiger partial charge in [0.25, 0.3) is 0 Å². The zero-order chi connectivity index (χ0) is 14.8. The molecule has 3 nitrogen and oxygen atoms in total. The van der Waals surface area contributed by atoms with E-state index in [1.54, 1.807) is 7.11 Å². The van der Waals surface area contributed by atoms with Crippen LogP contribution in [0.25, 0.3) is 11.0 Å². The molecule has 108 valence electrons. The molecule has 0 radical (unpaired) electrons. The van der Waals surface area contributed by atoms with Crippen LogP contribution in [0.1, 0.15) is 5.76 Å². The average Bonchev–Trinajstić information content (AvgIpc) is 2.89. The van der Waals surface area contributed by atoms with Crippen molar-refractivity contribution in [2.45, 2.75) is 6.54 Å². The van der Waals surface area contributed by atoms with Crippen LogP contribution in [0.2, 0.25) is 5.02 Å². The smallest absolute Gasteiger partial charge is 0.176 e. The highest BCUT2D eigenvalue weighted by molar-refractivity contribution is 14.1. The molecule has 0 spiro atoms. The molecule has 3 aromatic rings. The molecule has 0 saturated carbocycles. The number of para-hydroxylation sites is 1. The van der Waals surface area contributed by atoms with E-state index in [0.717, 1.165) is 31.7 Å². The molecule has 0 unspecified atom stereocenters. The predicted octanol–water partition coefficient (Wildman–Crippen LogP) is 5.31. The number of halogens is 2. The molecule has 0 fully saturated rings. The summed E-state index contributed by atoms with van der Waals surface area (Å²) in [6.07, 6.45) is 0. The third kappa shape index (κ3) is 3.11. The molecule has 2 aromatic carbocycles. The van der Waals surface area contributed by atoms with E-state index < -0.39 is 0 Å². The number of ether oxygens (including phenoxy) is 1. The van der Waals surface area contributed by atoms with E-state index >= 15 is 0 Å². The van der Waals surface area contributed by atoms with Crippen molar-refractivity contribution in [3.05, 3.63) is 56.8 Å². The fourth-order valence-electron chi connectivity index (χ4n) is 2.15. The van der Waals surface area contributed by atoms with Gasteiger partial charge in [-0.1, -0.05) is 23.7 Å². The SMILES string of the molecule is COc1cccc2cc(CNc3ccc(I)cc3Cl)oc12. The molecular formula is C16H13ClINO2. The zero-order valence-corrected chi connectivity index (χ0v) is 14.2. The number of methoxy groups -OCH3 is 1. The first-order chi connectivity index (χ1) is 10.2. The fraction of sp³-hybridized carbons (Fsp3) is 0.125. The van der Waals surface area contributed by atoms with Crippen LogP contribution in [0.15, 0.2) is 46.9 Å². The second-order valence-corrected chi connectivity index (χ2v) is 6.22. The molecule has 0 aliphatic carbocycles. The van der Waals surface area contributed by atoms with Crippen LogP contribution in [-0.4, -0.2) is 7.11 Å². The van der Waals surface area contributed by atoms with Crippen molar-refractivity contribution in [2.24, 2.45) is 0 Å². The van der Waals surface area contributed by atoms with Gasteiger partial charge in [-0.15, -0.1) is 0 Å². The third-order valence-corrected chi connectivity index (χ3v) is 4.15. The Balaban J connectivity index is 1.82. The van der Waals surface area contributed by atoms with Crippen molar-refractivity contribution in [3.8, 4) is 5.75 Å². The van der Waals surface area contributed by atoms with Gasteiger partial charge in [-0.2, -0.15) is 0 Å². The lowest BCUT2D eigenvalue weighted by Crippen LogP contribution is -1.98. The number of benzene rings is 2. The quantitative estimate of drug-likeness (QED) is 0.589. The minimum Gasteiger partial charge on any atom is -0.493 e. The summed E-state index contributed by atoms with van der Waals surface area (Å²) < 4.78 is 12.3. The number of hydrogen-bond acceptors (Lipinski definition) is 3. The topological polar surface area (TPSA) is 34.4 Å². The molecule has 3 rings (SSSR count). The van der Waals surface area contributed by atoms with Crippen molar-refractivity contribution >= 4 is 50.8 Å². The minimum atomic E-state index is 0.568. The first-order valence-corrected chi connectivity index (χ1v) is 7.87. The number of rotatable bonds is 4. The Hall–Kier alpha value is -1.40. The van der Waals surface area contributed by atoms with Crippen LogP contribution in [0.3, 0.4) is 0 Å². The van der Waals surface area contributed by atoms with E-state index in [-0.39, 0.29) is 0 Å². The van der Waals surface area contributed by atoms with Crippen LogP contribution in [0, 0.1) is 3.57 Å². The van der Waals surface area contributed by atoms with Crippen LogP contribution in [-0.2, 0) is 6.54 Å². The van der Waals surface area contributed by atoms with Crippen molar-refractivity contribution in [2.75, 3.05) is 12.4 Å². The van der Waals surface area contributed by atoms with Gasteiger partial charge in [0.1, 0.15) is 5.76 Å². The van der Waals surface area contributed by atoms with Gasteiger partial charge in [-0.25, -0.2) is 0 Å². The summed E-state index contributed by atoms with van der Waals surface area (Å²) >= 11 is 8.44. The summed E-state index contributed by atoms with van der Waals surface area (Å²) in [6.45, 7) is 0.568. The number of fused-ring (bicyclic) bond motifs is 1. The first kappa shape index (κ1) is 14.5. The monoisotopic (exact) mass is 413 g/mol. The Morgan fingerprint density at radius 3 is 2.86 bits per heavy atom. The molecule has 1 aromatic heterocycles. The molecule has 0 amide bonds. The minimum absolute atomic E-state index is 0.568. The van der Waals surface area contributed by atoms with Gasteiger partial charge in [-0.05, 0) is 52.9 Å². The number of anilines is 1. The maximum Gasteiger partial charge on any atom is 0.176 e. The van der Waals surface area contributed by atoms with Crippen molar-refractivity contribution in [3.63, 3.8) is 0 Å². The van der Waals surface area contributed by atoms with Gasteiger partial charge >= 0.3 is 0 Å². The Bertz CT molecular complexity index is 785. The zero-order valence-electron chi connectivity index (χ0n) is 11.3. The summed E-state index contributed by atoms with van der Waals surface area (Å²) in [6, 6.07) is 13.7. The normalized spacial score (nSPS) is 10.8. The van der Waals surface area contributed by atoms with Gasteiger partial charge in [0.05, 0.1) is 24.4 Å². The number of hydrogen-bond donors (Lipinski definition) is 1. The molecule has 5 heteroatoms. The molecule has 0 aliphatic rings. The highest BCUT2D eigenvalue weighted by Crippen LogP contribution is 2.29. The lowest BCUT2D eigenvalue weighted by molar-refractivity contribution is 0.408. The predicted molar refractivity (Wildman–Crippen MR) is 94.3 cm³/mol. The Kier molecular flexibility index (Phi) is 4.26. The molecule has 1 N–H and O–H groups in total. The average molecular weight is 414 g/mol. The van der Waals surface area contributed by atoms with Gasteiger partial charge in [0.15, 0.2) is 11.3 Å². The van der Waals surface area contributed by atoms with E-state index in [2.05, 4.69) is 27.9 Å². The Morgan fingerprint density at radius 2 is 2.10 bits per heavy atom. The lowest BCUT2D eigenvalue weighted by atomic mass is 10.2. The first-order valence-electron chi connectivity index (χ1n) is 6.42. The van der Waals surface area contributed by atoms with E-state index in [1.807, 2.05) is 42.5 Å². The largest absolute Gasteiger partial charge is 0.493 e. The van der Waals surface area contributed by atoms with E-state index in [9.17, 15) is 0 Å². The molecule has 0 aliphatic heterocycles. The van der Waals surface area contributed by atoms with Crippen LogP contribution in [0.4, 0.5) is 5.69 Å². The van der Waals surface area contributed by atoms with Crippen molar-refractivity contribution in [1.82, 2.24) is 0 Å². The Morgan fingerprint density at radius 1 is 1.24 bits per heavy atom. The van der Waals surface area contributed by atoms with E-state index in [0.29, 0.717) is 11.6 Å². The van der Waals surface area contributed by atoms with Gasteiger partial charge in [0.2, 0.25) is 0 Å². The van der Waals surface area contributed by atoms with E-state index in [1.165, 1.54) is 0 Å². The molecule has 0 bridgehead atoms. The summed E-state index contributed by atoms with van der Waals surface area (Å²) in [5.74, 6) is 1.58. The van der Waals surface area contributed by atoms with Crippen LogP contribution >= 0.6 is 34.2 Å². The molecule has 1 heterocycles.